The van der Waals surface area contributed by atoms with Crippen molar-refractivity contribution in [3.63, 3.8) is 0 Å². The molecule has 0 saturated carbocycles. The van der Waals surface area contributed by atoms with Gasteiger partial charge in [-0.1, -0.05) is 23.8 Å². The van der Waals surface area contributed by atoms with Crippen LogP contribution < -0.4 is 5.56 Å². The maximum atomic E-state index is 13.2. The van der Waals surface area contributed by atoms with Crippen LogP contribution in [-0.4, -0.2) is 24.4 Å². The first-order valence-corrected chi connectivity index (χ1v) is 9.88. The van der Waals surface area contributed by atoms with Crippen molar-refractivity contribution in [3.8, 4) is 11.1 Å². The van der Waals surface area contributed by atoms with E-state index in [0.717, 1.165) is 30.4 Å². The Kier molecular flexibility index (Phi) is 4.42. The molecule has 0 N–H and O–H groups in total. The Hall–Kier alpha value is -3.35. The monoisotopic (exact) mass is 389 g/mol. The van der Waals surface area contributed by atoms with Gasteiger partial charge in [-0.2, -0.15) is 5.10 Å². The summed E-state index contributed by atoms with van der Waals surface area (Å²) in [7, 11) is 0. The fraction of sp³-hybridized carbons (Fsp3) is 0.273. The topological polar surface area (TPSA) is 65.1 Å². The Labute approximate surface area is 166 Å². The first-order valence-electron chi connectivity index (χ1n) is 9.88. The zero-order chi connectivity index (χ0) is 19.8. The third kappa shape index (κ3) is 3.22. The lowest BCUT2D eigenvalue weighted by atomic mass is 9.97. The summed E-state index contributed by atoms with van der Waals surface area (Å²) in [5.74, 6) is -0.300. The number of hydrogen-bond donors (Lipinski definition) is 0. The fourth-order valence-electron chi connectivity index (χ4n) is 3.93. The number of pyridine rings is 1. The Morgan fingerprint density at radius 1 is 1.07 bits per heavy atom. The minimum Gasteiger partial charge on any atom is -0.313 e. The van der Waals surface area contributed by atoms with E-state index >= 15 is 0 Å². The second-order valence-corrected chi connectivity index (χ2v) is 7.41. The van der Waals surface area contributed by atoms with E-state index in [9.17, 15) is 9.18 Å². The number of nitrogens with zero attached hydrogens (tertiary/aromatic N) is 5. The highest BCUT2D eigenvalue weighted by Crippen LogP contribution is 2.25. The van der Waals surface area contributed by atoms with Crippen molar-refractivity contribution >= 4 is 16.7 Å². The van der Waals surface area contributed by atoms with E-state index in [2.05, 4.69) is 21.4 Å². The Balaban J connectivity index is 1.53. The van der Waals surface area contributed by atoms with Gasteiger partial charge in [0.1, 0.15) is 11.3 Å². The molecule has 5 rings (SSSR count). The van der Waals surface area contributed by atoms with Crippen LogP contribution in [0.3, 0.4) is 0 Å². The van der Waals surface area contributed by atoms with Crippen LogP contribution in [0.15, 0.2) is 59.2 Å². The lowest BCUT2D eigenvalue weighted by molar-refractivity contribution is 0.615. The smallest absolute Gasteiger partial charge is 0.280 e. The Bertz CT molecular complexity index is 1290. The minimum absolute atomic E-state index is 0.160. The molecule has 29 heavy (non-hydrogen) atoms. The van der Waals surface area contributed by atoms with Crippen LogP contribution in [0.4, 0.5) is 4.39 Å². The molecule has 7 heteroatoms. The highest BCUT2D eigenvalue weighted by molar-refractivity contribution is 5.82. The molecular formula is C22H20FN5O. The molecule has 0 amide bonds. The molecular weight excluding hydrogens is 369 g/mol. The zero-order valence-electron chi connectivity index (χ0n) is 15.9. The molecule has 0 saturated heterocycles. The predicted molar refractivity (Wildman–Crippen MR) is 109 cm³/mol. The number of hydrogen-bond acceptors (Lipinski definition) is 4. The molecule has 6 nitrogen and oxygen atoms in total. The van der Waals surface area contributed by atoms with E-state index < -0.39 is 0 Å². The summed E-state index contributed by atoms with van der Waals surface area (Å²) in [6.07, 6.45) is 11.4. The molecule has 0 radical (unpaired) electrons. The number of rotatable bonds is 4. The Morgan fingerprint density at radius 2 is 1.93 bits per heavy atom. The third-order valence-corrected chi connectivity index (χ3v) is 5.55. The van der Waals surface area contributed by atoms with Gasteiger partial charge in [-0.05, 0) is 55.9 Å². The molecule has 0 spiro atoms. The molecule has 0 aliphatic heterocycles. The van der Waals surface area contributed by atoms with Gasteiger partial charge in [-0.25, -0.2) is 8.91 Å². The molecule has 1 aliphatic carbocycles. The number of aryl methyl sites for hydroxylation is 1. The second kappa shape index (κ2) is 7.24. The lowest BCUT2D eigenvalue weighted by Crippen LogP contribution is -2.22. The zero-order valence-corrected chi connectivity index (χ0v) is 15.9. The van der Waals surface area contributed by atoms with Crippen molar-refractivity contribution in [2.75, 3.05) is 0 Å². The number of benzene rings is 1. The highest BCUT2D eigenvalue weighted by atomic mass is 19.1. The summed E-state index contributed by atoms with van der Waals surface area (Å²) < 4.78 is 16.5. The van der Waals surface area contributed by atoms with E-state index in [1.807, 2.05) is 6.07 Å². The summed E-state index contributed by atoms with van der Waals surface area (Å²) in [4.78, 5) is 12.9. The molecule has 0 bridgehead atoms. The predicted octanol–water partition coefficient (Wildman–Crippen LogP) is 4.14. The normalized spacial score (nSPS) is 14.4. The molecule has 4 aromatic rings. The van der Waals surface area contributed by atoms with Crippen LogP contribution >= 0.6 is 0 Å². The van der Waals surface area contributed by atoms with Gasteiger partial charge >= 0.3 is 0 Å². The van der Waals surface area contributed by atoms with Gasteiger partial charge in [-0.15, -0.1) is 10.2 Å². The molecule has 1 aliphatic rings. The van der Waals surface area contributed by atoms with Gasteiger partial charge in [0.05, 0.1) is 6.20 Å². The molecule has 0 atom stereocenters. The van der Waals surface area contributed by atoms with Crippen molar-refractivity contribution < 1.29 is 4.39 Å². The van der Waals surface area contributed by atoms with Crippen molar-refractivity contribution in [1.82, 2.24) is 24.4 Å². The standard InChI is InChI=1S/C22H20FN5O/c23-17-8-6-16(7-9-17)18-14-24-28-19-11-13-27(12-10-15-4-2-1-3-5-15)22(29)20(19)25-26-21(18)28/h4,6-9,11,13-14H,1-3,5,10,12H2. The highest BCUT2D eigenvalue weighted by Gasteiger charge is 2.14. The van der Waals surface area contributed by atoms with Crippen LogP contribution in [0.1, 0.15) is 32.1 Å². The van der Waals surface area contributed by atoms with Crippen molar-refractivity contribution in [2.45, 2.75) is 38.6 Å². The van der Waals surface area contributed by atoms with Crippen molar-refractivity contribution in [2.24, 2.45) is 0 Å². The summed E-state index contributed by atoms with van der Waals surface area (Å²) >= 11 is 0. The van der Waals surface area contributed by atoms with Crippen LogP contribution in [0, 0.1) is 5.82 Å². The van der Waals surface area contributed by atoms with Crippen molar-refractivity contribution in [1.29, 1.82) is 0 Å². The SMILES string of the molecule is O=c1c2nnc3c(-c4ccc(F)cc4)cnn3c2ccn1CCC1=CCCCC1. The summed E-state index contributed by atoms with van der Waals surface area (Å²) in [5, 5.41) is 12.9. The summed E-state index contributed by atoms with van der Waals surface area (Å²) in [5.41, 5.74) is 4.26. The third-order valence-electron chi connectivity index (χ3n) is 5.55. The molecule has 3 aromatic heterocycles. The molecule has 0 fully saturated rings. The van der Waals surface area contributed by atoms with Crippen molar-refractivity contribution in [3.05, 3.63) is 70.5 Å². The maximum Gasteiger partial charge on any atom is 0.280 e. The van der Waals surface area contributed by atoms with Crippen LogP contribution in [-0.2, 0) is 6.54 Å². The second-order valence-electron chi connectivity index (χ2n) is 7.41. The van der Waals surface area contributed by atoms with E-state index in [4.69, 9.17) is 0 Å². The minimum atomic E-state index is -0.300. The average molecular weight is 389 g/mol. The maximum absolute atomic E-state index is 13.2. The van der Waals surface area contributed by atoms with E-state index in [0.29, 0.717) is 23.2 Å². The van der Waals surface area contributed by atoms with E-state index in [1.165, 1.54) is 30.5 Å². The largest absolute Gasteiger partial charge is 0.313 e. The number of allylic oxidation sites excluding steroid dienone is 2. The first-order chi connectivity index (χ1) is 14.2. The van der Waals surface area contributed by atoms with Crippen LogP contribution in [0.5, 0.6) is 0 Å². The van der Waals surface area contributed by atoms with Gasteiger partial charge in [0, 0.05) is 18.3 Å². The van der Waals surface area contributed by atoms with Crippen LogP contribution in [0.25, 0.3) is 27.8 Å². The summed E-state index contributed by atoms with van der Waals surface area (Å²) in [6.45, 7) is 0.639. The number of aromatic nitrogens is 5. The van der Waals surface area contributed by atoms with E-state index in [1.54, 1.807) is 33.6 Å². The van der Waals surface area contributed by atoms with Gasteiger partial charge in [0.25, 0.3) is 5.56 Å². The first kappa shape index (κ1) is 17.7. The van der Waals surface area contributed by atoms with E-state index in [-0.39, 0.29) is 11.4 Å². The summed E-state index contributed by atoms with van der Waals surface area (Å²) in [6, 6.07) is 8.00. The number of halogens is 1. The lowest BCUT2D eigenvalue weighted by Gasteiger charge is -2.13. The molecule has 3 heterocycles. The van der Waals surface area contributed by atoms with Gasteiger partial charge in [-0.3, -0.25) is 4.79 Å². The number of fused-ring (bicyclic) bond motifs is 3. The van der Waals surface area contributed by atoms with Gasteiger partial charge in [0.2, 0.25) is 0 Å². The average Bonchev–Trinajstić information content (AvgIpc) is 3.19. The molecule has 0 unspecified atom stereocenters. The van der Waals surface area contributed by atoms with Gasteiger partial charge in [0.15, 0.2) is 11.2 Å². The van der Waals surface area contributed by atoms with Gasteiger partial charge < -0.3 is 4.57 Å². The Morgan fingerprint density at radius 3 is 2.72 bits per heavy atom. The molecule has 1 aromatic carbocycles. The fourth-order valence-corrected chi connectivity index (χ4v) is 3.93. The molecule has 146 valence electrons. The van der Waals surface area contributed by atoms with Crippen LogP contribution in [0.2, 0.25) is 0 Å². The quantitative estimate of drug-likeness (QED) is 0.492.